The van der Waals surface area contributed by atoms with Crippen molar-refractivity contribution in [2.75, 3.05) is 12.0 Å². The number of ether oxygens (including phenoxy) is 1. The highest BCUT2D eigenvalue weighted by atomic mass is 35.5. The van der Waals surface area contributed by atoms with Gasteiger partial charge in [0.1, 0.15) is 11.8 Å². The highest BCUT2D eigenvalue weighted by molar-refractivity contribution is 6.31. The lowest BCUT2D eigenvalue weighted by molar-refractivity contribution is -0.132. The number of methoxy groups -OCH3 is 1. The second kappa shape index (κ2) is 10.5. The van der Waals surface area contributed by atoms with Crippen LogP contribution in [-0.4, -0.2) is 41.8 Å². The molecule has 0 aliphatic carbocycles. The molecule has 1 heterocycles. The summed E-state index contributed by atoms with van der Waals surface area (Å²) in [6, 6.07) is 11.4. The predicted molar refractivity (Wildman–Crippen MR) is 124 cm³/mol. The number of nitrogens with zero attached hydrogens (tertiary/aromatic N) is 2. The summed E-state index contributed by atoms with van der Waals surface area (Å²) in [4.78, 5) is 53.3. The topological polar surface area (TPSA) is 96.0 Å². The van der Waals surface area contributed by atoms with Crippen LogP contribution >= 0.6 is 11.6 Å². The van der Waals surface area contributed by atoms with Crippen molar-refractivity contribution < 1.29 is 23.9 Å². The number of hydrogen-bond donors (Lipinski definition) is 1. The number of nitrogens with one attached hydrogen (secondary N) is 1. The van der Waals surface area contributed by atoms with E-state index >= 15 is 0 Å². The third-order valence-corrected chi connectivity index (χ3v) is 5.88. The van der Waals surface area contributed by atoms with Gasteiger partial charge in [-0.25, -0.2) is 9.91 Å². The molecule has 1 aliphatic rings. The summed E-state index contributed by atoms with van der Waals surface area (Å²) in [6.45, 7) is 3.74. The molecule has 1 saturated heterocycles. The number of rotatable bonds is 7. The monoisotopic (exact) mass is 471 g/mol. The second-order valence-corrected chi connectivity index (χ2v) is 8.10. The Morgan fingerprint density at radius 3 is 2.39 bits per heavy atom. The molecule has 8 nitrogen and oxygen atoms in total. The maximum atomic E-state index is 13.4. The van der Waals surface area contributed by atoms with E-state index < -0.39 is 23.8 Å². The predicted octanol–water partition coefficient (Wildman–Crippen LogP) is 3.59. The minimum atomic E-state index is -1.19. The average molecular weight is 472 g/mol. The zero-order chi connectivity index (χ0) is 24.1. The van der Waals surface area contributed by atoms with Gasteiger partial charge in [-0.15, -0.1) is 0 Å². The number of carbonyl (C=O) groups excluding carboxylic acids is 4. The molecule has 9 heteroatoms. The van der Waals surface area contributed by atoms with E-state index in [-0.39, 0.29) is 23.8 Å². The van der Waals surface area contributed by atoms with E-state index in [9.17, 15) is 19.2 Å². The number of imide groups is 1. The highest BCUT2D eigenvalue weighted by Gasteiger charge is 2.45. The van der Waals surface area contributed by atoms with Gasteiger partial charge in [0.2, 0.25) is 11.8 Å². The molecule has 0 bridgehead atoms. The molecule has 1 atom stereocenters. The van der Waals surface area contributed by atoms with Crippen LogP contribution in [0, 0.1) is 5.92 Å². The van der Waals surface area contributed by atoms with Crippen LogP contribution in [0.1, 0.15) is 43.5 Å². The fraction of sp³-hybridized carbons (Fsp3) is 0.333. The van der Waals surface area contributed by atoms with Crippen molar-refractivity contribution in [1.82, 2.24) is 10.4 Å². The van der Waals surface area contributed by atoms with Gasteiger partial charge in [-0.3, -0.25) is 24.6 Å². The number of halogens is 1. The maximum absolute atomic E-state index is 13.4. The zero-order valence-electron chi connectivity index (χ0n) is 18.7. The molecule has 0 spiro atoms. The number of benzene rings is 2. The fourth-order valence-corrected chi connectivity index (χ4v) is 3.90. The largest absolute Gasteiger partial charge is 0.497 e. The van der Waals surface area contributed by atoms with Gasteiger partial charge >= 0.3 is 0 Å². The Hall–Kier alpha value is -3.39. The Kier molecular flexibility index (Phi) is 7.71. The summed E-state index contributed by atoms with van der Waals surface area (Å²) in [5.41, 5.74) is 3.16. The number of amides is 4. The van der Waals surface area contributed by atoms with Crippen molar-refractivity contribution >= 4 is 40.9 Å². The summed E-state index contributed by atoms with van der Waals surface area (Å²) >= 11 is 6.03. The van der Waals surface area contributed by atoms with E-state index in [0.717, 1.165) is 9.91 Å². The normalized spacial score (nSPS) is 15.7. The lowest BCUT2D eigenvalue weighted by Gasteiger charge is -2.29. The van der Waals surface area contributed by atoms with Gasteiger partial charge in [-0.2, -0.15) is 0 Å². The lowest BCUT2D eigenvalue weighted by Crippen LogP contribution is -2.55. The van der Waals surface area contributed by atoms with E-state index in [1.54, 1.807) is 30.3 Å². The minimum Gasteiger partial charge on any atom is -0.497 e. The first kappa shape index (κ1) is 24.3. The molecule has 2 aromatic rings. The van der Waals surface area contributed by atoms with Crippen molar-refractivity contribution in [3.63, 3.8) is 0 Å². The Bertz CT molecular complexity index is 1050. The van der Waals surface area contributed by atoms with Crippen LogP contribution in [-0.2, 0) is 14.4 Å². The zero-order valence-corrected chi connectivity index (χ0v) is 19.5. The summed E-state index contributed by atoms with van der Waals surface area (Å²) in [6.07, 6.45) is 0.870. The molecule has 1 aliphatic heterocycles. The molecule has 2 aromatic carbocycles. The first-order valence-electron chi connectivity index (χ1n) is 10.7. The van der Waals surface area contributed by atoms with Gasteiger partial charge in [-0.1, -0.05) is 31.5 Å². The SMILES string of the molecule is CCC(CC)C(=O)NN(C(=O)c1ccc(OC)cc1)C1CC(=O)N(c2cccc(Cl)c2)C1=O. The highest BCUT2D eigenvalue weighted by Crippen LogP contribution is 2.28. The Morgan fingerprint density at radius 1 is 1.15 bits per heavy atom. The fourth-order valence-electron chi connectivity index (χ4n) is 3.72. The van der Waals surface area contributed by atoms with E-state index in [2.05, 4.69) is 5.43 Å². The van der Waals surface area contributed by atoms with Crippen LogP contribution in [0.25, 0.3) is 0 Å². The number of hydrazine groups is 1. The summed E-state index contributed by atoms with van der Waals surface area (Å²) < 4.78 is 5.13. The number of anilines is 1. The van der Waals surface area contributed by atoms with Crippen molar-refractivity contribution in [3.05, 3.63) is 59.1 Å². The molecule has 1 fully saturated rings. The van der Waals surface area contributed by atoms with Crippen molar-refractivity contribution in [3.8, 4) is 5.75 Å². The molecule has 174 valence electrons. The molecule has 0 aromatic heterocycles. The molecular formula is C24H26ClN3O5. The minimum absolute atomic E-state index is 0.238. The second-order valence-electron chi connectivity index (χ2n) is 7.66. The third-order valence-electron chi connectivity index (χ3n) is 5.64. The van der Waals surface area contributed by atoms with Crippen LogP contribution in [0.15, 0.2) is 48.5 Å². The average Bonchev–Trinajstić information content (AvgIpc) is 3.11. The van der Waals surface area contributed by atoms with E-state index in [4.69, 9.17) is 16.3 Å². The first-order valence-corrected chi connectivity index (χ1v) is 11.1. The smallest absolute Gasteiger partial charge is 0.273 e. The summed E-state index contributed by atoms with van der Waals surface area (Å²) in [5, 5.41) is 1.34. The molecule has 3 rings (SSSR count). The Labute approximate surface area is 197 Å². The van der Waals surface area contributed by atoms with Crippen LogP contribution in [0.4, 0.5) is 5.69 Å². The number of carbonyl (C=O) groups is 4. The van der Waals surface area contributed by atoms with Gasteiger partial charge in [0.05, 0.1) is 19.2 Å². The van der Waals surface area contributed by atoms with Gasteiger partial charge < -0.3 is 4.74 Å². The molecule has 4 amide bonds. The summed E-state index contributed by atoms with van der Waals surface area (Å²) in [7, 11) is 1.51. The van der Waals surface area contributed by atoms with Gasteiger partial charge in [0.25, 0.3) is 11.8 Å². The third kappa shape index (κ3) is 5.17. The van der Waals surface area contributed by atoms with Crippen LogP contribution < -0.4 is 15.1 Å². The summed E-state index contributed by atoms with van der Waals surface area (Å²) in [5.74, 6) is -1.88. The van der Waals surface area contributed by atoms with Crippen LogP contribution in [0.2, 0.25) is 5.02 Å². The Morgan fingerprint density at radius 2 is 1.82 bits per heavy atom. The van der Waals surface area contributed by atoms with Crippen LogP contribution in [0.5, 0.6) is 5.75 Å². The first-order chi connectivity index (χ1) is 15.8. The Balaban J connectivity index is 1.95. The molecule has 0 radical (unpaired) electrons. The molecule has 0 saturated carbocycles. The molecule has 33 heavy (non-hydrogen) atoms. The van der Waals surface area contributed by atoms with Crippen molar-refractivity contribution in [2.24, 2.45) is 5.92 Å². The number of hydrogen-bond acceptors (Lipinski definition) is 5. The van der Waals surface area contributed by atoms with Gasteiger partial charge in [0, 0.05) is 16.5 Å². The quantitative estimate of drug-likeness (QED) is 0.491. The molecule has 1 N–H and O–H groups in total. The molecular weight excluding hydrogens is 446 g/mol. The van der Waals surface area contributed by atoms with E-state index in [0.29, 0.717) is 29.3 Å². The maximum Gasteiger partial charge on any atom is 0.273 e. The van der Waals surface area contributed by atoms with Gasteiger partial charge in [-0.05, 0) is 55.3 Å². The lowest BCUT2D eigenvalue weighted by atomic mass is 10.0. The van der Waals surface area contributed by atoms with E-state index in [1.165, 1.54) is 25.3 Å². The molecule has 1 unspecified atom stereocenters. The van der Waals surface area contributed by atoms with Crippen LogP contribution in [0.3, 0.4) is 0 Å². The van der Waals surface area contributed by atoms with E-state index in [1.807, 2.05) is 13.8 Å². The van der Waals surface area contributed by atoms with Crippen molar-refractivity contribution in [1.29, 1.82) is 0 Å². The standard InChI is InChI=1S/C24H26ClN3O5/c1-4-15(5-2)22(30)26-28(23(31)16-9-11-19(33-3)12-10-16)20-14-21(29)27(24(20)32)18-8-6-7-17(25)13-18/h6-13,15,20H,4-5,14H2,1-3H3,(H,26,30). The van der Waals surface area contributed by atoms with Crippen molar-refractivity contribution in [2.45, 2.75) is 39.2 Å². The van der Waals surface area contributed by atoms with Gasteiger partial charge in [0.15, 0.2) is 0 Å².